The molecule has 3 rings (SSSR count). The minimum atomic E-state index is -0.314. The van der Waals surface area contributed by atoms with Crippen molar-refractivity contribution in [2.75, 3.05) is 0 Å². The van der Waals surface area contributed by atoms with E-state index in [1.165, 1.54) is 6.07 Å². The summed E-state index contributed by atoms with van der Waals surface area (Å²) in [5.41, 5.74) is 7.54. The first-order chi connectivity index (χ1) is 8.70. The van der Waals surface area contributed by atoms with Crippen LogP contribution in [0.25, 0.3) is 22.3 Å². The van der Waals surface area contributed by atoms with Gasteiger partial charge < -0.3 is 15.2 Å². The third-order valence-electron chi connectivity index (χ3n) is 2.83. The third-order valence-corrected chi connectivity index (χ3v) is 2.83. The number of aromatic nitrogens is 3. The molecule has 0 aliphatic heterocycles. The quantitative estimate of drug-likeness (QED) is 0.725. The van der Waals surface area contributed by atoms with Crippen molar-refractivity contribution in [1.29, 1.82) is 0 Å². The van der Waals surface area contributed by atoms with Crippen LogP contribution < -0.4 is 5.73 Å². The predicted molar refractivity (Wildman–Crippen MR) is 64.2 cm³/mol. The monoisotopic (exact) mass is 246 g/mol. The number of rotatable bonds is 2. The van der Waals surface area contributed by atoms with Crippen LogP contribution >= 0.6 is 0 Å². The van der Waals surface area contributed by atoms with Gasteiger partial charge in [0.2, 0.25) is 11.7 Å². The van der Waals surface area contributed by atoms with Crippen LogP contribution in [0.3, 0.4) is 0 Å². The number of H-pyrrole nitrogens is 1. The Kier molecular flexibility index (Phi) is 2.38. The summed E-state index contributed by atoms with van der Waals surface area (Å²) < 4.78 is 18.9. The Labute approximate surface area is 102 Å². The van der Waals surface area contributed by atoms with Crippen molar-refractivity contribution in [3.05, 3.63) is 35.6 Å². The van der Waals surface area contributed by atoms with Crippen molar-refractivity contribution in [1.82, 2.24) is 15.1 Å². The van der Waals surface area contributed by atoms with E-state index in [9.17, 15) is 4.39 Å². The Balaban J connectivity index is 2.30. The second-order valence-corrected chi connectivity index (χ2v) is 4.00. The largest absolute Gasteiger partial charge is 0.358 e. The number of hydrogen-bond donors (Lipinski definition) is 2. The maximum Gasteiger partial charge on any atom is 0.240 e. The summed E-state index contributed by atoms with van der Waals surface area (Å²) in [7, 11) is 0. The molecular weight excluding hydrogens is 235 g/mol. The molecule has 18 heavy (non-hydrogen) atoms. The first-order valence-corrected chi connectivity index (χ1v) is 5.50. The Hall–Kier alpha value is -2.21. The van der Waals surface area contributed by atoms with E-state index in [2.05, 4.69) is 15.1 Å². The molecule has 1 aromatic carbocycles. The van der Waals surface area contributed by atoms with Gasteiger partial charge in [0.25, 0.3) is 0 Å². The number of fused-ring (bicyclic) bond motifs is 1. The van der Waals surface area contributed by atoms with Crippen LogP contribution in [0.4, 0.5) is 4.39 Å². The van der Waals surface area contributed by atoms with E-state index >= 15 is 0 Å². The Bertz CT molecular complexity index is 716. The molecule has 2 heterocycles. The van der Waals surface area contributed by atoms with E-state index in [1.54, 1.807) is 12.1 Å². The van der Waals surface area contributed by atoms with Gasteiger partial charge in [-0.15, -0.1) is 0 Å². The van der Waals surface area contributed by atoms with Crippen molar-refractivity contribution < 1.29 is 8.91 Å². The lowest BCUT2D eigenvalue weighted by molar-refractivity contribution is 0.380. The molecule has 0 radical (unpaired) electrons. The summed E-state index contributed by atoms with van der Waals surface area (Å²) in [6.45, 7) is 2.00. The van der Waals surface area contributed by atoms with Gasteiger partial charge in [-0.25, -0.2) is 4.39 Å². The van der Waals surface area contributed by atoms with Crippen LogP contribution in [-0.2, 0) is 6.54 Å². The number of benzene rings is 1. The van der Waals surface area contributed by atoms with Gasteiger partial charge in [0.1, 0.15) is 5.82 Å². The van der Waals surface area contributed by atoms with Crippen molar-refractivity contribution in [2.24, 2.45) is 5.73 Å². The molecule has 0 bridgehead atoms. The molecule has 0 fully saturated rings. The molecule has 0 aliphatic rings. The highest BCUT2D eigenvalue weighted by atomic mass is 19.1. The number of nitrogens with two attached hydrogens (primary N) is 1. The van der Waals surface area contributed by atoms with Crippen LogP contribution in [0.1, 0.15) is 11.6 Å². The first kappa shape index (κ1) is 10.9. The zero-order valence-corrected chi connectivity index (χ0v) is 9.70. The molecule has 0 amide bonds. The van der Waals surface area contributed by atoms with Crippen LogP contribution in [0.5, 0.6) is 0 Å². The molecule has 0 saturated carbocycles. The van der Waals surface area contributed by atoms with Crippen LogP contribution in [-0.4, -0.2) is 15.1 Å². The van der Waals surface area contributed by atoms with Crippen molar-refractivity contribution in [3.8, 4) is 11.4 Å². The Morgan fingerprint density at radius 2 is 2.28 bits per heavy atom. The lowest BCUT2D eigenvalue weighted by Crippen LogP contribution is -1.95. The molecule has 0 unspecified atom stereocenters. The Morgan fingerprint density at radius 3 is 3.00 bits per heavy atom. The Morgan fingerprint density at radius 1 is 1.44 bits per heavy atom. The van der Waals surface area contributed by atoms with E-state index in [1.807, 2.05) is 6.92 Å². The molecule has 2 aromatic heterocycles. The topological polar surface area (TPSA) is 80.7 Å². The summed E-state index contributed by atoms with van der Waals surface area (Å²) in [6.07, 6.45) is 0. The van der Waals surface area contributed by atoms with Gasteiger partial charge in [-0.05, 0) is 19.1 Å². The molecule has 3 N–H and O–H groups in total. The standard InChI is InChI=1S/C12H11FN4O/c1-6-10(12-16-9(5-14)18-17-12)11-7(13)3-2-4-8(11)15-6/h2-4,15H,5,14H2,1H3. The van der Waals surface area contributed by atoms with Gasteiger partial charge in [0.15, 0.2) is 0 Å². The highest BCUT2D eigenvalue weighted by Crippen LogP contribution is 2.31. The number of aromatic amines is 1. The fraction of sp³-hybridized carbons (Fsp3) is 0.167. The van der Waals surface area contributed by atoms with Gasteiger partial charge in [-0.3, -0.25) is 0 Å². The van der Waals surface area contributed by atoms with E-state index in [-0.39, 0.29) is 12.4 Å². The minimum absolute atomic E-state index is 0.164. The van der Waals surface area contributed by atoms with Gasteiger partial charge in [0.05, 0.1) is 12.1 Å². The van der Waals surface area contributed by atoms with E-state index in [4.69, 9.17) is 10.3 Å². The zero-order chi connectivity index (χ0) is 12.7. The molecule has 92 valence electrons. The zero-order valence-electron chi connectivity index (χ0n) is 9.70. The van der Waals surface area contributed by atoms with Crippen molar-refractivity contribution >= 4 is 10.9 Å². The number of halogens is 1. The van der Waals surface area contributed by atoms with E-state index in [0.29, 0.717) is 28.2 Å². The number of nitrogens with zero attached hydrogens (tertiary/aromatic N) is 2. The summed E-state index contributed by atoms with van der Waals surface area (Å²) in [5, 5.41) is 4.30. The lowest BCUT2D eigenvalue weighted by atomic mass is 10.1. The van der Waals surface area contributed by atoms with Crippen molar-refractivity contribution in [3.63, 3.8) is 0 Å². The minimum Gasteiger partial charge on any atom is -0.358 e. The highest BCUT2D eigenvalue weighted by molar-refractivity contribution is 5.96. The molecule has 0 spiro atoms. The number of nitrogens with one attached hydrogen (secondary N) is 1. The third kappa shape index (κ3) is 1.50. The smallest absolute Gasteiger partial charge is 0.240 e. The molecule has 0 saturated heterocycles. The predicted octanol–water partition coefficient (Wildman–Crippen LogP) is 2.12. The normalized spacial score (nSPS) is 11.3. The average Bonchev–Trinajstić information content (AvgIpc) is 2.92. The van der Waals surface area contributed by atoms with Gasteiger partial charge in [0, 0.05) is 16.6 Å². The average molecular weight is 246 g/mol. The first-order valence-electron chi connectivity index (χ1n) is 5.50. The summed E-state index contributed by atoms with van der Waals surface area (Å²) >= 11 is 0. The van der Waals surface area contributed by atoms with Crippen LogP contribution in [0.15, 0.2) is 22.7 Å². The fourth-order valence-corrected chi connectivity index (χ4v) is 2.05. The van der Waals surface area contributed by atoms with Crippen molar-refractivity contribution in [2.45, 2.75) is 13.5 Å². The second kappa shape index (κ2) is 3.92. The molecule has 0 atom stereocenters. The van der Waals surface area contributed by atoms with Gasteiger partial charge in [-0.1, -0.05) is 11.2 Å². The number of hydrogen-bond acceptors (Lipinski definition) is 4. The molecule has 3 aromatic rings. The fourth-order valence-electron chi connectivity index (χ4n) is 2.05. The van der Waals surface area contributed by atoms with Crippen LogP contribution in [0.2, 0.25) is 0 Å². The molecule has 0 aliphatic carbocycles. The second-order valence-electron chi connectivity index (χ2n) is 4.00. The maximum atomic E-state index is 13.9. The number of aryl methyl sites for hydroxylation is 1. The summed E-state index contributed by atoms with van der Waals surface area (Å²) in [4.78, 5) is 7.23. The SMILES string of the molecule is Cc1[nH]c2cccc(F)c2c1-c1noc(CN)n1. The molecule has 6 heteroatoms. The summed E-state index contributed by atoms with van der Waals surface area (Å²) in [5.74, 6) is 0.366. The molecule has 5 nitrogen and oxygen atoms in total. The van der Waals surface area contributed by atoms with Crippen LogP contribution in [0, 0.1) is 12.7 Å². The van der Waals surface area contributed by atoms with Gasteiger partial charge >= 0.3 is 0 Å². The highest BCUT2D eigenvalue weighted by Gasteiger charge is 2.18. The maximum absolute atomic E-state index is 13.9. The summed E-state index contributed by atoms with van der Waals surface area (Å²) in [6, 6.07) is 4.86. The van der Waals surface area contributed by atoms with E-state index < -0.39 is 0 Å². The molecular formula is C12H11FN4O. The van der Waals surface area contributed by atoms with Gasteiger partial charge in [-0.2, -0.15) is 4.98 Å². The lowest BCUT2D eigenvalue weighted by Gasteiger charge is -1.95. The van der Waals surface area contributed by atoms with E-state index in [0.717, 1.165) is 5.69 Å².